The number of aryl methyl sites for hydroxylation is 1. The van der Waals surface area contributed by atoms with E-state index in [9.17, 15) is 9.59 Å². The highest BCUT2D eigenvalue weighted by Crippen LogP contribution is 2.40. The Kier molecular flexibility index (Phi) is 4.38. The third-order valence-corrected chi connectivity index (χ3v) is 7.02. The second-order valence-electron chi connectivity index (χ2n) is 7.35. The fraction of sp³-hybridized carbons (Fsp3) is 0.647. The Hall–Kier alpha value is -0.810. The second kappa shape index (κ2) is 6.00. The molecule has 1 aliphatic carbocycles. The Morgan fingerprint density at radius 1 is 1.32 bits per heavy atom. The van der Waals surface area contributed by atoms with Gasteiger partial charge in [-0.05, 0) is 48.6 Å². The van der Waals surface area contributed by atoms with Gasteiger partial charge in [0.25, 0.3) is 5.91 Å². The van der Waals surface area contributed by atoms with Crippen LogP contribution in [0, 0.1) is 11.3 Å². The molecule has 22 heavy (non-hydrogen) atoms. The van der Waals surface area contributed by atoms with Crippen LogP contribution in [0.3, 0.4) is 0 Å². The first-order chi connectivity index (χ1) is 10.3. The van der Waals surface area contributed by atoms with E-state index in [0.29, 0.717) is 11.3 Å². The maximum absolute atomic E-state index is 12.4. The molecule has 0 aromatic carbocycles. The molecule has 120 valence electrons. The van der Waals surface area contributed by atoms with E-state index in [1.807, 2.05) is 0 Å². The summed E-state index contributed by atoms with van der Waals surface area (Å²) in [6, 6.07) is 1.76. The lowest BCUT2D eigenvalue weighted by Crippen LogP contribution is -2.36. The van der Waals surface area contributed by atoms with E-state index < -0.39 is 0 Å². The number of hydrogen-bond donors (Lipinski definition) is 1. The van der Waals surface area contributed by atoms with Crippen molar-refractivity contribution in [2.24, 2.45) is 11.3 Å². The average Bonchev–Trinajstić information content (AvgIpc) is 3.03. The van der Waals surface area contributed by atoms with Gasteiger partial charge in [0.15, 0.2) is 0 Å². The summed E-state index contributed by atoms with van der Waals surface area (Å²) in [5.41, 5.74) is 1.66. The summed E-state index contributed by atoms with van der Waals surface area (Å²) in [5, 5.41) is 3.00. The van der Waals surface area contributed by atoms with Crippen LogP contribution in [-0.2, 0) is 17.6 Å². The number of rotatable bonds is 2. The fourth-order valence-electron chi connectivity index (χ4n) is 3.23. The molecule has 5 heteroatoms. The third kappa shape index (κ3) is 3.25. The lowest BCUT2D eigenvalue weighted by molar-refractivity contribution is -0.112. The minimum absolute atomic E-state index is 0.0763. The van der Waals surface area contributed by atoms with E-state index in [-0.39, 0.29) is 17.1 Å². The maximum atomic E-state index is 12.4. The molecule has 2 aliphatic rings. The van der Waals surface area contributed by atoms with Crippen molar-refractivity contribution in [3.05, 3.63) is 21.4 Å². The molecule has 1 amide bonds. The monoisotopic (exact) mass is 337 g/mol. The maximum Gasteiger partial charge on any atom is 0.261 e. The van der Waals surface area contributed by atoms with Gasteiger partial charge in [-0.3, -0.25) is 9.59 Å². The number of carbonyl (C=O) groups excluding carboxylic acids is 2. The summed E-state index contributed by atoms with van der Waals surface area (Å²) in [6.07, 6.45) is 4.11. The molecule has 3 nitrogen and oxygen atoms in total. The summed E-state index contributed by atoms with van der Waals surface area (Å²) in [5.74, 6) is 1.42. The van der Waals surface area contributed by atoms with Gasteiger partial charge in [-0.2, -0.15) is 0 Å². The quantitative estimate of drug-likeness (QED) is 0.896. The molecule has 0 bridgehead atoms. The standard InChI is InChI=1S/C17H23NO2S2/c1-17(2,3)11-4-5-13-10(8-11)9-14(22-13)15(19)18-12-6-7-21-16(12)20/h9,11-12H,4-8H2,1-3H3,(H,18,19)/t11-,12-/m1/s1. The molecule has 1 N–H and O–H groups in total. The van der Waals surface area contributed by atoms with Crippen molar-refractivity contribution >= 4 is 34.1 Å². The molecule has 1 saturated heterocycles. The zero-order chi connectivity index (χ0) is 15.9. The van der Waals surface area contributed by atoms with E-state index in [1.165, 1.54) is 28.6 Å². The lowest BCUT2D eigenvalue weighted by Gasteiger charge is -2.33. The van der Waals surface area contributed by atoms with Crippen molar-refractivity contribution in [3.63, 3.8) is 0 Å². The molecule has 0 spiro atoms. The minimum Gasteiger partial charge on any atom is -0.341 e. The summed E-state index contributed by atoms with van der Waals surface area (Å²) in [4.78, 5) is 26.1. The highest BCUT2D eigenvalue weighted by molar-refractivity contribution is 8.14. The van der Waals surface area contributed by atoms with E-state index in [0.717, 1.165) is 29.9 Å². The van der Waals surface area contributed by atoms with E-state index in [1.54, 1.807) is 11.3 Å². The van der Waals surface area contributed by atoms with Crippen molar-refractivity contribution in [1.82, 2.24) is 5.32 Å². The van der Waals surface area contributed by atoms with Gasteiger partial charge < -0.3 is 5.32 Å². The third-order valence-electron chi connectivity index (χ3n) is 4.77. The first-order valence-electron chi connectivity index (χ1n) is 7.93. The van der Waals surface area contributed by atoms with Crippen LogP contribution in [0.1, 0.15) is 53.7 Å². The molecule has 2 atom stereocenters. The van der Waals surface area contributed by atoms with Crippen LogP contribution in [0.5, 0.6) is 0 Å². The number of thiophene rings is 1. The van der Waals surface area contributed by atoms with Gasteiger partial charge in [0.05, 0.1) is 10.9 Å². The molecule has 0 saturated carbocycles. The van der Waals surface area contributed by atoms with Crippen molar-refractivity contribution in [2.45, 2.75) is 52.5 Å². The number of carbonyl (C=O) groups is 2. The Bertz CT molecular complexity index is 600. The van der Waals surface area contributed by atoms with Gasteiger partial charge in [-0.15, -0.1) is 11.3 Å². The van der Waals surface area contributed by atoms with Crippen molar-refractivity contribution in [1.29, 1.82) is 0 Å². The summed E-state index contributed by atoms with van der Waals surface area (Å²) in [6.45, 7) is 6.89. The van der Waals surface area contributed by atoms with Crippen LogP contribution in [-0.4, -0.2) is 22.8 Å². The molecular weight excluding hydrogens is 314 g/mol. The van der Waals surface area contributed by atoms with Gasteiger partial charge in [0.2, 0.25) is 5.12 Å². The van der Waals surface area contributed by atoms with Gasteiger partial charge in [0, 0.05) is 10.6 Å². The number of hydrogen-bond acceptors (Lipinski definition) is 4. The average molecular weight is 338 g/mol. The van der Waals surface area contributed by atoms with Crippen molar-refractivity contribution in [3.8, 4) is 0 Å². The molecule has 3 rings (SSSR count). The first-order valence-corrected chi connectivity index (χ1v) is 9.74. The van der Waals surface area contributed by atoms with E-state index >= 15 is 0 Å². The number of fused-ring (bicyclic) bond motifs is 1. The van der Waals surface area contributed by atoms with E-state index in [4.69, 9.17) is 0 Å². The predicted octanol–water partition coefficient (Wildman–Crippen LogP) is 3.66. The van der Waals surface area contributed by atoms with Crippen LogP contribution in [0.2, 0.25) is 0 Å². The summed E-state index contributed by atoms with van der Waals surface area (Å²) in [7, 11) is 0. The van der Waals surface area contributed by atoms with Crippen LogP contribution in [0.15, 0.2) is 6.07 Å². The van der Waals surface area contributed by atoms with Crippen LogP contribution >= 0.6 is 23.1 Å². The summed E-state index contributed by atoms with van der Waals surface area (Å²) < 4.78 is 0. The van der Waals surface area contributed by atoms with Crippen LogP contribution in [0.4, 0.5) is 0 Å². The molecule has 2 heterocycles. The predicted molar refractivity (Wildman–Crippen MR) is 92.6 cm³/mol. The zero-order valence-corrected chi connectivity index (χ0v) is 15.0. The second-order valence-corrected chi connectivity index (χ2v) is 9.58. The van der Waals surface area contributed by atoms with Gasteiger partial charge >= 0.3 is 0 Å². The topological polar surface area (TPSA) is 46.2 Å². The largest absolute Gasteiger partial charge is 0.341 e. The molecule has 1 fully saturated rings. The van der Waals surface area contributed by atoms with Crippen LogP contribution in [0.25, 0.3) is 0 Å². The van der Waals surface area contributed by atoms with Crippen molar-refractivity contribution in [2.75, 3.05) is 5.75 Å². The lowest BCUT2D eigenvalue weighted by atomic mass is 9.72. The SMILES string of the molecule is CC(C)(C)[C@@H]1CCc2sc(C(=O)N[C@@H]3CCSC3=O)cc2C1. The van der Waals surface area contributed by atoms with Crippen LogP contribution < -0.4 is 5.32 Å². The molecule has 1 aliphatic heterocycles. The Morgan fingerprint density at radius 3 is 2.73 bits per heavy atom. The highest BCUT2D eigenvalue weighted by Gasteiger charge is 2.31. The van der Waals surface area contributed by atoms with Gasteiger partial charge in [-0.25, -0.2) is 0 Å². The highest BCUT2D eigenvalue weighted by atomic mass is 32.2. The Morgan fingerprint density at radius 2 is 2.09 bits per heavy atom. The van der Waals surface area contributed by atoms with E-state index in [2.05, 4.69) is 32.2 Å². The van der Waals surface area contributed by atoms with Gasteiger partial charge in [-0.1, -0.05) is 32.5 Å². The fourth-order valence-corrected chi connectivity index (χ4v) is 5.28. The number of thioether (sulfide) groups is 1. The number of nitrogens with one attached hydrogen (secondary N) is 1. The molecular formula is C17H23NO2S2. The Balaban J connectivity index is 1.71. The normalized spacial score (nSPS) is 25.1. The Labute approximate surface area is 140 Å². The first kappa shape index (κ1) is 16.1. The molecule has 0 radical (unpaired) electrons. The zero-order valence-electron chi connectivity index (χ0n) is 13.4. The molecule has 0 unspecified atom stereocenters. The molecule has 1 aromatic heterocycles. The van der Waals surface area contributed by atoms with Gasteiger partial charge in [0.1, 0.15) is 0 Å². The van der Waals surface area contributed by atoms with Crippen molar-refractivity contribution < 1.29 is 9.59 Å². The summed E-state index contributed by atoms with van der Waals surface area (Å²) >= 11 is 2.93. The minimum atomic E-state index is -0.293. The number of amides is 1. The smallest absolute Gasteiger partial charge is 0.261 e. The molecule has 1 aromatic rings.